The van der Waals surface area contributed by atoms with Crippen molar-refractivity contribution in [3.8, 4) is 0 Å². The molecule has 0 spiro atoms. The van der Waals surface area contributed by atoms with Crippen LogP contribution in [0.4, 0.5) is 5.69 Å². The van der Waals surface area contributed by atoms with Gasteiger partial charge in [0.2, 0.25) is 0 Å². The molecule has 0 amide bonds. The number of rotatable bonds is 2. The van der Waals surface area contributed by atoms with Gasteiger partial charge in [0, 0.05) is 11.3 Å². The molecule has 0 atom stereocenters. The Balaban J connectivity index is 3.09. The summed E-state index contributed by atoms with van der Waals surface area (Å²) in [6, 6.07) is 4.87. The molecule has 0 saturated carbocycles. The standard InChI is InChI=1S/C7H7ClN2O/c8-7-3-6(10-9)2-1-5(7)4-11/h1-4,10H,9H2. The van der Waals surface area contributed by atoms with Crippen LogP contribution >= 0.6 is 11.6 Å². The molecule has 0 aliphatic rings. The fraction of sp³-hybridized carbons (Fsp3) is 0. The summed E-state index contributed by atoms with van der Waals surface area (Å²) in [4.78, 5) is 10.3. The summed E-state index contributed by atoms with van der Waals surface area (Å²) in [5.41, 5.74) is 3.56. The summed E-state index contributed by atoms with van der Waals surface area (Å²) < 4.78 is 0. The minimum absolute atomic E-state index is 0.399. The van der Waals surface area contributed by atoms with Gasteiger partial charge < -0.3 is 5.43 Å². The van der Waals surface area contributed by atoms with Crippen molar-refractivity contribution >= 4 is 23.6 Å². The molecule has 58 valence electrons. The van der Waals surface area contributed by atoms with Crippen LogP contribution in [-0.4, -0.2) is 6.29 Å². The van der Waals surface area contributed by atoms with Crippen LogP contribution in [0.1, 0.15) is 10.4 Å². The minimum Gasteiger partial charge on any atom is -0.324 e. The number of benzene rings is 1. The molecule has 11 heavy (non-hydrogen) atoms. The number of anilines is 1. The molecule has 0 aromatic heterocycles. The normalized spacial score (nSPS) is 9.27. The minimum atomic E-state index is 0.399. The lowest BCUT2D eigenvalue weighted by Crippen LogP contribution is -2.06. The van der Waals surface area contributed by atoms with E-state index >= 15 is 0 Å². The highest BCUT2D eigenvalue weighted by Crippen LogP contribution is 2.18. The van der Waals surface area contributed by atoms with Gasteiger partial charge in [0.1, 0.15) is 0 Å². The number of hydrogen-bond acceptors (Lipinski definition) is 3. The van der Waals surface area contributed by atoms with Gasteiger partial charge in [-0.2, -0.15) is 0 Å². The highest BCUT2D eigenvalue weighted by atomic mass is 35.5. The highest BCUT2D eigenvalue weighted by molar-refractivity contribution is 6.33. The van der Waals surface area contributed by atoms with Gasteiger partial charge in [0.05, 0.1) is 5.02 Å². The van der Waals surface area contributed by atoms with E-state index in [1.165, 1.54) is 0 Å². The average Bonchev–Trinajstić information content (AvgIpc) is 2.04. The zero-order chi connectivity index (χ0) is 8.27. The first kappa shape index (κ1) is 8.04. The fourth-order valence-corrected chi connectivity index (χ4v) is 0.938. The predicted octanol–water partition coefficient (Wildman–Crippen LogP) is 1.44. The lowest BCUT2D eigenvalue weighted by Gasteiger charge is -2.00. The molecule has 4 heteroatoms. The monoisotopic (exact) mass is 170 g/mol. The lowest BCUT2D eigenvalue weighted by molar-refractivity contribution is 0.112. The Labute approximate surface area is 69.1 Å². The number of carbonyl (C=O) groups is 1. The third kappa shape index (κ3) is 1.69. The van der Waals surface area contributed by atoms with E-state index in [4.69, 9.17) is 17.4 Å². The molecule has 0 bridgehead atoms. The molecule has 0 heterocycles. The van der Waals surface area contributed by atoms with Gasteiger partial charge in [-0.05, 0) is 18.2 Å². The van der Waals surface area contributed by atoms with E-state index < -0.39 is 0 Å². The maximum Gasteiger partial charge on any atom is 0.151 e. The summed E-state index contributed by atoms with van der Waals surface area (Å²) in [6.45, 7) is 0. The summed E-state index contributed by atoms with van der Waals surface area (Å²) in [5, 5.41) is 0.399. The van der Waals surface area contributed by atoms with Crippen LogP contribution in [0.2, 0.25) is 5.02 Å². The number of nitrogens with one attached hydrogen (secondary N) is 1. The number of nitrogens with two attached hydrogens (primary N) is 1. The Hall–Kier alpha value is -1.06. The Morgan fingerprint density at radius 3 is 2.73 bits per heavy atom. The SMILES string of the molecule is NNc1ccc(C=O)c(Cl)c1. The van der Waals surface area contributed by atoms with Gasteiger partial charge in [-0.3, -0.25) is 10.6 Å². The summed E-state index contributed by atoms with van der Waals surface area (Å²) in [6.07, 6.45) is 0.697. The average molecular weight is 171 g/mol. The van der Waals surface area contributed by atoms with E-state index in [-0.39, 0.29) is 0 Å². The summed E-state index contributed by atoms with van der Waals surface area (Å²) in [5.74, 6) is 5.11. The van der Waals surface area contributed by atoms with E-state index in [0.717, 1.165) is 0 Å². The van der Waals surface area contributed by atoms with Gasteiger partial charge in [0.25, 0.3) is 0 Å². The fourth-order valence-electron chi connectivity index (χ4n) is 0.712. The van der Waals surface area contributed by atoms with Gasteiger partial charge in [0.15, 0.2) is 6.29 Å². The van der Waals surface area contributed by atoms with Crippen LogP contribution in [-0.2, 0) is 0 Å². The second kappa shape index (κ2) is 3.37. The molecule has 1 aromatic carbocycles. The molecular formula is C7H7ClN2O. The van der Waals surface area contributed by atoms with E-state index in [0.29, 0.717) is 22.6 Å². The molecule has 1 aromatic rings. The first-order chi connectivity index (χ1) is 5.27. The van der Waals surface area contributed by atoms with Crippen molar-refractivity contribution in [1.29, 1.82) is 0 Å². The second-order valence-corrected chi connectivity index (χ2v) is 2.41. The number of hydrogen-bond donors (Lipinski definition) is 2. The highest BCUT2D eigenvalue weighted by Gasteiger charge is 1.98. The van der Waals surface area contributed by atoms with Gasteiger partial charge in [-0.25, -0.2) is 0 Å². The van der Waals surface area contributed by atoms with Crippen molar-refractivity contribution in [2.24, 2.45) is 5.84 Å². The molecule has 0 radical (unpaired) electrons. The third-order valence-electron chi connectivity index (χ3n) is 1.29. The van der Waals surface area contributed by atoms with Gasteiger partial charge >= 0.3 is 0 Å². The maximum atomic E-state index is 10.3. The Kier molecular flexibility index (Phi) is 2.46. The number of carbonyl (C=O) groups excluding carboxylic acids is 1. The molecule has 3 N–H and O–H groups in total. The van der Waals surface area contributed by atoms with Crippen LogP contribution in [0, 0.1) is 0 Å². The van der Waals surface area contributed by atoms with E-state index in [2.05, 4.69) is 5.43 Å². The van der Waals surface area contributed by atoms with Crippen molar-refractivity contribution in [3.05, 3.63) is 28.8 Å². The molecule has 1 rings (SSSR count). The van der Waals surface area contributed by atoms with Crippen LogP contribution in [0.25, 0.3) is 0 Å². The molecule has 0 aliphatic carbocycles. The summed E-state index contributed by atoms with van der Waals surface area (Å²) in [7, 11) is 0. The lowest BCUT2D eigenvalue weighted by atomic mass is 10.2. The predicted molar refractivity (Wildman–Crippen MR) is 44.6 cm³/mol. The molecule has 3 nitrogen and oxygen atoms in total. The molecule has 0 fully saturated rings. The number of hydrazine groups is 1. The first-order valence-corrected chi connectivity index (χ1v) is 3.37. The Morgan fingerprint density at radius 1 is 1.55 bits per heavy atom. The van der Waals surface area contributed by atoms with Crippen molar-refractivity contribution in [3.63, 3.8) is 0 Å². The van der Waals surface area contributed by atoms with Gasteiger partial charge in [-0.15, -0.1) is 0 Å². The quantitative estimate of drug-likeness (QED) is 0.401. The number of halogens is 1. The molecule has 0 aliphatic heterocycles. The van der Waals surface area contributed by atoms with Crippen molar-refractivity contribution < 1.29 is 4.79 Å². The maximum absolute atomic E-state index is 10.3. The molecule has 0 saturated heterocycles. The molecule has 0 unspecified atom stereocenters. The van der Waals surface area contributed by atoms with Crippen molar-refractivity contribution in [2.45, 2.75) is 0 Å². The largest absolute Gasteiger partial charge is 0.324 e. The Bertz CT molecular complexity index is 275. The zero-order valence-electron chi connectivity index (χ0n) is 5.67. The second-order valence-electron chi connectivity index (χ2n) is 2.00. The van der Waals surface area contributed by atoms with Crippen LogP contribution in [0.3, 0.4) is 0 Å². The van der Waals surface area contributed by atoms with E-state index in [1.807, 2.05) is 0 Å². The van der Waals surface area contributed by atoms with Gasteiger partial charge in [-0.1, -0.05) is 11.6 Å². The topological polar surface area (TPSA) is 55.1 Å². The van der Waals surface area contributed by atoms with Crippen molar-refractivity contribution in [1.82, 2.24) is 0 Å². The van der Waals surface area contributed by atoms with Crippen LogP contribution in [0.5, 0.6) is 0 Å². The summed E-state index contributed by atoms with van der Waals surface area (Å²) >= 11 is 5.68. The van der Waals surface area contributed by atoms with Crippen LogP contribution < -0.4 is 11.3 Å². The van der Waals surface area contributed by atoms with Crippen LogP contribution in [0.15, 0.2) is 18.2 Å². The van der Waals surface area contributed by atoms with E-state index in [9.17, 15) is 4.79 Å². The number of aldehydes is 1. The number of nitrogen functional groups attached to an aromatic ring is 1. The van der Waals surface area contributed by atoms with E-state index in [1.54, 1.807) is 18.2 Å². The third-order valence-corrected chi connectivity index (χ3v) is 1.62. The first-order valence-electron chi connectivity index (χ1n) is 2.99. The smallest absolute Gasteiger partial charge is 0.151 e. The molecular weight excluding hydrogens is 164 g/mol. The Morgan fingerprint density at radius 2 is 2.27 bits per heavy atom. The van der Waals surface area contributed by atoms with Crippen molar-refractivity contribution in [2.75, 3.05) is 5.43 Å². The zero-order valence-corrected chi connectivity index (χ0v) is 6.43.